The number of hydrogen-bond donors (Lipinski definition) is 1. The summed E-state index contributed by atoms with van der Waals surface area (Å²) in [6, 6.07) is 8.59. The summed E-state index contributed by atoms with van der Waals surface area (Å²) in [5, 5.41) is 4.54. The Bertz CT molecular complexity index is 513. The Kier molecular flexibility index (Phi) is 4.68. The molecule has 1 heterocycles. The molecule has 0 radical (unpaired) electrons. The number of aromatic nitrogens is 3. The van der Waals surface area contributed by atoms with Crippen LogP contribution in [0.15, 0.2) is 24.3 Å². The van der Waals surface area contributed by atoms with Crippen LogP contribution < -0.4 is 5.73 Å². The van der Waals surface area contributed by atoms with Crippen molar-refractivity contribution in [2.24, 2.45) is 5.73 Å². The maximum absolute atomic E-state index is 5.56. The maximum Gasteiger partial charge on any atom is 0.150 e. The van der Waals surface area contributed by atoms with Crippen LogP contribution in [0.2, 0.25) is 0 Å². The van der Waals surface area contributed by atoms with Gasteiger partial charge < -0.3 is 5.73 Å². The smallest absolute Gasteiger partial charge is 0.150 e. The van der Waals surface area contributed by atoms with Crippen molar-refractivity contribution >= 4 is 0 Å². The van der Waals surface area contributed by atoms with Crippen LogP contribution in [0.5, 0.6) is 0 Å². The Morgan fingerprint density at radius 3 is 2.32 bits per heavy atom. The predicted octanol–water partition coefficient (Wildman–Crippen LogP) is 1.95. The lowest BCUT2D eigenvalue weighted by Crippen LogP contribution is -2.07. The quantitative estimate of drug-likeness (QED) is 0.861. The molecule has 0 aliphatic rings. The number of nitrogens with zero attached hydrogens (tertiary/aromatic N) is 3. The topological polar surface area (TPSA) is 56.7 Å². The van der Waals surface area contributed by atoms with E-state index in [0.29, 0.717) is 6.54 Å². The van der Waals surface area contributed by atoms with Crippen LogP contribution in [0.4, 0.5) is 0 Å². The second-order valence-corrected chi connectivity index (χ2v) is 4.66. The standard InChI is InChI=1S/C15H22N4/c1-3-14-17-15(4-2)19(18-14)11-13-7-5-12(6-8-13)9-10-16/h5-8H,3-4,9-11,16H2,1-2H3. The highest BCUT2D eigenvalue weighted by molar-refractivity contribution is 5.23. The molecule has 0 aliphatic carbocycles. The largest absolute Gasteiger partial charge is 0.330 e. The summed E-state index contributed by atoms with van der Waals surface area (Å²) in [7, 11) is 0. The van der Waals surface area contributed by atoms with E-state index in [2.05, 4.69) is 48.2 Å². The average Bonchev–Trinajstić information content (AvgIpc) is 2.83. The van der Waals surface area contributed by atoms with E-state index in [1.165, 1.54) is 11.1 Å². The van der Waals surface area contributed by atoms with Crippen molar-refractivity contribution in [3.63, 3.8) is 0 Å². The first-order chi connectivity index (χ1) is 9.26. The van der Waals surface area contributed by atoms with Crippen molar-refractivity contribution in [1.82, 2.24) is 14.8 Å². The number of hydrogen-bond acceptors (Lipinski definition) is 3. The summed E-state index contributed by atoms with van der Waals surface area (Å²) in [6.07, 6.45) is 2.73. The van der Waals surface area contributed by atoms with E-state index < -0.39 is 0 Å². The fraction of sp³-hybridized carbons (Fsp3) is 0.467. The molecule has 1 aromatic carbocycles. The van der Waals surface area contributed by atoms with E-state index >= 15 is 0 Å². The lowest BCUT2D eigenvalue weighted by Gasteiger charge is -2.06. The minimum Gasteiger partial charge on any atom is -0.330 e. The first kappa shape index (κ1) is 13.7. The van der Waals surface area contributed by atoms with Gasteiger partial charge in [0.1, 0.15) is 5.82 Å². The summed E-state index contributed by atoms with van der Waals surface area (Å²) in [6.45, 7) is 5.69. The van der Waals surface area contributed by atoms with Crippen molar-refractivity contribution in [2.45, 2.75) is 39.7 Å². The molecule has 0 fully saturated rings. The molecule has 1 aromatic heterocycles. The predicted molar refractivity (Wildman–Crippen MR) is 77.1 cm³/mol. The lowest BCUT2D eigenvalue weighted by atomic mass is 10.1. The monoisotopic (exact) mass is 258 g/mol. The third-order valence-electron chi connectivity index (χ3n) is 3.21. The van der Waals surface area contributed by atoms with Crippen LogP contribution in [-0.4, -0.2) is 21.3 Å². The molecule has 0 spiro atoms. The maximum atomic E-state index is 5.56. The second kappa shape index (κ2) is 6.48. The molecular formula is C15H22N4. The van der Waals surface area contributed by atoms with E-state index in [1.54, 1.807) is 0 Å². The highest BCUT2D eigenvalue weighted by atomic mass is 15.3. The molecule has 0 saturated heterocycles. The Labute approximate surface area is 114 Å². The molecule has 4 nitrogen and oxygen atoms in total. The van der Waals surface area contributed by atoms with Crippen LogP contribution in [0, 0.1) is 0 Å². The fourth-order valence-electron chi connectivity index (χ4n) is 2.11. The molecule has 0 aliphatic heterocycles. The highest BCUT2D eigenvalue weighted by Gasteiger charge is 2.07. The first-order valence-electron chi connectivity index (χ1n) is 6.97. The molecule has 0 unspecified atom stereocenters. The van der Waals surface area contributed by atoms with Gasteiger partial charge in [0.15, 0.2) is 5.82 Å². The van der Waals surface area contributed by atoms with E-state index in [-0.39, 0.29) is 0 Å². The normalized spacial score (nSPS) is 10.9. The van der Waals surface area contributed by atoms with Crippen molar-refractivity contribution in [2.75, 3.05) is 6.54 Å². The molecule has 0 atom stereocenters. The molecule has 2 N–H and O–H groups in total. The van der Waals surface area contributed by atoms with Gasteiger partial charge in [-0.1, -0.05) is 38.1 Å². The van der Waals surface area contributed by atoms with Crippen LogP contribution in [0.3, 0.4) is 0 Å². The van der Waals surface area contributed by atoms with Gasteiger partial charge in [-0.2, -0.15) is 5.10 Å². The molecule has 0 saturated carbocycles. The zero-order chi connectivity index (χ0) is 13.7. The van der Waals surface area contributed by atoms with Gasteiger partial charge in [0.2, 0.25) is 0 Å². The minimum atomic E-state index is 0.697. The molecule has 0 amide bonds. The number of nitrogens with two attached hydrogens (primary N) is 1. The van der Waals surface area contributed by atoms with Crippen LogP contribution >= 0.6 is 0 Å². The van der Waals surface area contributed by atoms with Crippen LogP contribution in [0.1, 0.15) is 36.6 Å². The zero-order valence-corrected chi connectivity index (χ0v) is 11.8. The summed E-state index contributed by atoms with van der Waals surface area (Å²) in [5.74, 6) is 1.99. The van der Waals surface area contributed by atoms with E-state index in [0.717, 1.165) is 37.5 Å². The van der Waals surface area contributed by atoms with Gasteiger partial charge >= 0.3 is 0 Å². The second-order valence-electron chi connectivity index (χ2n) is 4.66. The molecule has 2 aromatic rings. The minimum absolute atomic E-state index is 0.697. The van der Waals surface area contributed by atoms with Gasteiger partial charge in [0.05, 0.1) is 6.54 Å². The Morgan fingerprint density at radius 1 is 1.05 bits per heavy atom. The van der Waals surface area contributed by atoms with Gasteiger partial charge in [0, 0.05) is 12.8 Å². The Balaban J connectivity index is 2.13. The molecule has 4 heteroatoms. The summed E-state index contributed by atoms with van der Waals surface area (Å²) >= 11 is 0. The average molecular weight is 258 g/mol. The summed E-state index contributed by atoms with van der Waals surface area (Å²) in [5.41, 5.74) is 8.10. The Morgan fingerprint density at radius 2 is 1.74 bits per heavy atom. The van der Waals surface area contributed by atoms with Gasteiger partial charge in [-0.3, -0.25) is 0 Å². The van der Waals surface area contributed by atoms with Gasteiger partial charge in [0.25, 0.3) is 0 Å². The SMILES string of the molecule is CCc1nc(CC)n(Cc2ccc(CCN)cc2)n1. The third-order valence-corrected chi connectivity index (χ3v) is 3.21. The van der Waals surface area contributed by atoms with Crippen molar-refractivity contribution in [3.05, 3.63) is 47.0 Å². The van der Waals surface area contributed by atoms with Crippen molar-refractivity contribution in [1.29, 1.82) is 0 Å². The zero-order valence-electron chi connectivity index (χ0n) is 11.8. The van der Waals surface area contributed by atoms with Crippen molar-refractivity contribution < 1.29 is 0 Å². The third kappa shape index (κ3) is 3.41. The Hall–Kier alpha value is -1.68. The number of aryl methyl sites for hydroxylation is 2. The summed E-state index contributed by atoms with van der Waals surface area (Å²) in [4.78, 5) is 4.53. The number of benzene rings is 1. The number of rotatable bonds is 6. The van der Waals surface area contributed by atoms with Crippen LogP contribution in [0.25, 0.3) is 0 Å². The fourth-order valence-corrected chi connectivity index (χ4v) is 2.11. The lowest BCUT2D eigenvalue weighted by molar-refractivity contribution is 0.637. The van der Waals surface area contributed by atoms with Crippen molar-refractivity contribution in [3.8, 4) is 0 Å². The van der Waals surface area contributed by atoms with E-state index in [4.69, 9.17) is 5.73 Å². The molecule has 0 bridgehead atoms. The highest BCUT2D eigenvalue weighted by Crippen LogP contribution is 2.09. The molecular weight excluding hydrogens is 236 g/mol. The first-order valence-corrected chi connectivity index (χ1v) is 6.97. The van der Waals surface area contributed by atoms with E-state index in [9.17, 15) is 0 Å². The molecule has 102 valence electrons. The molecule has 19 heavy (non-hydrogen) atoms. The van der Waals surface area contributed by atoms with E-state index in [1.807, 2.05) is 4.68 Å². The van der Waals surface area contributed by atoms with Gasteiger partial charge in [-0.25, -0.2) is 9.67 Å². The molecule has 2 rings (SSSR count). The summed E-state index contributed by atoms with van der Waals surface area (Å²) < 4.78 is 2.01. The van der Waals surface area contributed by atoms with Gasteiger partial charge in [-0.15, -0.1) is 0 Å². The van der Waals surface area contributed by atoms with Crippen LogP contribution in [-0.2, 0) is 25.8 Å². The van der Waals surface area contributed by atoms with Gasteiger partial charge in [-0.05, 0) is 24.1 Å².